The SMILES string of the molecule is C.C=C(CC)C(=O)c1ccc(OCC(=O)Cl)c(Cl)c1Cl.C=C(CC)C(=O)c1ccc(OCC(=O)O)c(Cl)c1Cl.C=C(CC)C(=O)c1ccc(OCC(=O)OC[C@H](O)[C@H](O)[C@H](O)CO)c(Cl)c1Cl.O=S(Cl)Cl. The molecule has 0 saturated heterocycles. The Bertz CT molecular complexity index is 2310. The van der Waals surface area contributed by atoms with Gasteiger partial charge in [-0.1, -0.05) is 118 Å². The predicted molar refractivity (Wildman–Crippen MR) is 278 cm³/mol. The lowest BCUT2D eigenvalue weighted by Gasteiger charge is -2.21. The van der Waals surface area contributed by atoms with Gasteiger partial charge >= 0.3 is 11.9 Å². The molecule has 0 spiro atoms. The van der Waals surface area contributed by atoms with Gasteiger partial charge in [-0.15, -0.1) is 0 Å². The number of aliphatic hydroxyl groups is 4. The van der Waals surface area contributed by atoms with Gasteiger partial charge in [-0.05, 0) is 84.0 Å². The summed E-state index contributed by atoms with van der Waals surface area (Å²) in [7, 11) is 7.36. The van der Waals surface area contributed by atoms with Gasteiger partial charge in [0.2, 0.25) is 9.23 Å². The zero-order valence-electron chi connectivity index (χ0n) is 37.0. The maximum absolute atomic E-state index is 12.2. The third-order valence-electron chi connectivity index (χ3n) is 8.55. The van der Waals surface area contributed by atoms with Crippen LogP contribution >= 0.6 is 103 Å². The number of rotatable bonds is 23. The molecule has 0 heterocycles. The maximum Gasteiger partial charge on any atom is 0.344 e. The predicted octanol–water partition coefficient (Wildman–Crippen LogP) is 10.7. The van der Waals surface area contributed by atoms with E-state index in [1.807, 2.05) is 6.92 Å². The highest BCUT2D eigenvalue weighted by molar-refractivity contribution is 8.26. The Morgan fingerprint density at radius 2 is 0.887 bits per heavy atom. The minimum Gasteiger partial charge on any atom is -0.483 e. The average Bonchev–Trinajstić information content (AvgIpc) is 3.32. The summed E-state index contributed by atoms with van der Waals surface area (Å²) in [6, 6.07) is 8.56. The molecule has 71 heavy (non-hydrogen) atoms. The second kappa shape index (κ2) is 35.6. The number of benzene rings is 3. The number of aliphatic hydroxyl groups excluding tert-OH is 4. The lowest BCUT2D eigenvalue weighted by molar-refractivity contribution is -0.154. The summed E-state index contributed by atoms with van der Waals surface area (Å²) < 4.78 is 29.0. The first-order valence-electron chi connectivity index (χ1n) is 19.6. The van der Waals surface area contributed by atoms with Crippen LogP contribution in [0.3, 0.4) is 0 Å². The number of carbonyl (C=O) groups excluding carboxylic acids is 5. The first-order valence-corrected chi connectivity index (χ1v) is 25.0. The molecular formula is C45H49Cl9O16S. The minimum atomic E-state index is -1.69. The van der Waals surface area contributed by atoms with Gasteiger partial charge in [-0.2, -0.15) is 0 Å². The first kappa shape index (κ1) is 69.6. The van der Waals surface area contributed by atoms with Crippen molar-refractivity contribution >= 4 is 146 Å². The standard InChI is InChI=1S/C18H22Cl2O8.C13H11Cl3O3.C13H12Cl2O4.CH4.Cl2OS/c1-3-9(2)17(25)10-4-5-13(16(20)15(10)19)27-8-14(24)28-7-12(23)18(26)11(22)6-21;1-3-7(2)13(18)8-4-5-9(12(16)11(8)15)19-6-10(14)17;1-3-7(2)13(18)8-4-5-9(12(15)11(8)14)19-6-10(16)17;;1-4(2)3/h4-5,11-12,18,21-23,26H,2-3,6-8H2,1H3;4-5H,2-3,6H2,1H3;4-5H,2-3,6H2,1H3,(H,16,17);1H4;/t11-,12+,18-;;;;/m1..../s1. The molecule has 16 nitrogen and oxygen atoms in total. The Morgan fingerprint density at radius 3 is 1.17 bits per heavy atom. The van der Waals surface area contributed by atoms with Gasteiger partial charge in [-0.3, -0.25) is 19.2 Å². The molecule has 26 heteroatoms. The van der Waals surface area contributed by atoms with Crippen LogP contribution in [-0.4, -0.2) is 116 Å². The van der Waals surface area contributed by atoms with Gasteiger partial charge in [-0.25, -0.2) is 13.8 Å². The number of esters is 1. The van der Waals surface area contributed by atoms with Crippen LogP contribution in [0.1, 0.15) is 78.5 Å². The molecular weight excluding hydrogens is 1150 g/mol. The summed E-state index contributed by atoms with van der Waals surface area (Å²) in [6.07, 6.45) is -3.38. The van der Waals surface area contributed by atoms with Crippen molar-refractivity contribution in [1.29, 1.82) is 0 Å². The lowest BCUT2D eigenvalue weighted by Crippen LogP contribution is -2.42. The third kappa shape index (κ3) is 23.9. The van der Waals surface area contributed by atoms with Crippen LogP contribution in [0.15, 0.2) is 72.9 Å². The largest absolute Gasteiger partial charge is 0.483 e. The van der Waals surface area contributed by atoms with E-state index in [9.17, 15) is 44.1 Å². The monoisotopic (exact) mass is 1190 g/mol. The minimum absolute atomic E-state index is 0. The zero-order valence-corrected chi connectivity index (χ0v) is 44.6. The van der Waals surface area contributed by atoms with Gasteiger partial charge in [0.15, 0.2) is 37.2 Å². The fourth-order valence-electron chi connectivity index (χ4n) is 4.60. The molecule has 0 amide bonds. The zero-order chi connectivity index (χ0) is 54.2. The first-order chi connectivity index (χ1) is 32.6. The lowest BCUT2D eigenvalue weighted by atomic mass is 10.0. The van der Waals surface area contributed by atoms with Gasteiger partial charge in [0.05, 0.1) is 21.7 Å². The van der Waals surface area contributed by atoms with E-state index in [1.54, 1.807) is 13.8 Å². The number of carboxylic acids is 1. The molecule has 3 aromatic rings. The van der Waals surface area contributed by atoms with Crippen LogP contribution in [0, 0.1) is 0 Å². The molecule has 0 aromatic heterocycles. The number of ketones is 3. The number of ether oxygens (including phenoxy) is 4. The molecule has 0 aliphatic carbocycles. The second-order valence-electron chi connectivity index (χ2n) is 13.4. The molecule has 0 radical (unpaired) electrons. The molecule has 0 aliphatic rings. The molecule has 3 rings (SSSR count). The molecule has 3 atom stereocenters. The van der Waals surface area contributed by atoms with Gasteiger partial charge in [0, 0.05) is 38.1 Å². The van der Waals surface area contributed by atoms with E-state index in [-0.39, 0.29) is 95.5 Å². The smallest absolute Gasteiger partial charge is 0.344 e. The summed E-state index contributed by atoms with van der Waals surface area (Å²) in [4.78, 5) is 68.8. The molecule has 0 unspecified atom stereocenters. The van der Waals surface area contributed by atoms with E-state index in [0.29, 0.717) is 36.0 Å². The number of carbonyl (C=O) groups is 6. The van der Waals surface area contributed by atoms with Crippen LogP contribution in [0.2, 0.25) is 30.1 Å². The summed E-state index contributed by atoms with van der Waals surface area (Å²) in [5.74, 6) is -2.58. The van der Waals surface area contributed by atoms with Crippen LogP contribution in [0.25, 0.3) is 0 Å². The summed E-state index contributed by atoms with van der Waals surface area (Å²) in [5, 5.41) is 44.8. The highest BCUT2D eigenvalue weighted by atomic mass is 36.0. The molecule has 0 aliphatic heterocycles. The van der Waals surface area contributed by atoms with E-state index in [0.717, 1.165) is 0 Å². The Balaban J connectivity index is 0. The summed E-state index contributed by atoms with van der Waals surface area (Å²) in [5.41, 5.74) is 1.85. The number of allylic oxidation sites excluding steroid dienone is 3. The average molecular weight is 1200 g/mol. The summed E-state index contributed by atoms with van der Waals surface area (Å²) >= 11 is 41.3. The van der Waals surface area contributed by atoms with Crippen molar-refractivity contribution in [1.82, 2.24) is 0 Å². The fraction of sp³-hybridized carbons (Fsp3) is 0.333. The van der Waals surface area contributed by atoms with Gasteiger partial charge in [0.1, 0.15) is 57.2 Å². The number of hydrogen-bond acceptors (Lipinski definition) is 15. The normalized spacial score (nSPS) is 11.5. The topological polar surface area (TPSA) is 258 Å². The molecule has 0 fully saturated rings. The molecule has 3 aromatic carbocycles. The Hall–Kier alpha value is -3.50. The highest BCUT2D eigenvalue weighted by Crippen LogP contribution is 2.38. The van der Waals surface area contributed by atoms with E-state index in [2.05, 4.69) is 41.1 Å². The Labute approximate surface area is 456 Å². The van der Waals surface area contributed by atoms with E-state index in [4.69, 9.17) is 115 Å². The van der Waals surface area contributed by atoms with E-state index in [1.165, 1.54) is 36.4 Å². The fourth-order valence-corrected chi connectivity index (χ4v) is 6.04. The van der Waals surface area contributed by atoms with Crippen LogP contribution in [0.5, 0.6) is 17.2 Å². The van der Waals surface area contributed by atoms with Crippen molar-refractivity contribution in [2.75, 3.05) is 33.0 Å². The molecule has 394 valence electrons. The van der Waals surface area contributed by atoms with Crippen LogP contribution in [-0.2, 0) is 28.3 Å². The number of hydrogen-bond donors (Lipinski definition) is 5. The third-order valence-corrected chi connectivity index (χ3v) is 11.2. The van der Waals surface area contributed by atoms with Gasteiger partial charge in [0.25, 0.3) is 5.24 Å². The maximum atomic E-state index is 12.2. The van der Waals surface area contributed by atoms with Crippen molar-refractivity contribution < 1.29 is 77.5 Å². The molecule has 0 bridgehead atoms. The second-order valence-corrected chi connectivity index (χ2v) is 18.6. The number of halogens is 9. The number of carboxylic acid groups (broad SMARTS) is 1. The van der Waals surface area contributed by atoms with Gasteiger partial charge < -0.3 is 44.5 Å². The summed E-state index contributed by atoms with van der Waals surface area (Å²) in [6.45, 7) is 13.5. The van der Waals surface area contributed by atoms with Crippen molar-refractivity contribution in [3.8, 4) is 17.2 Å². The van der Waals surface area contributed by atoms with Crippen molar-refractivity contribution in [2.45, 2.75) is 65.8 Å². The Kier molecular flexibility index (Phi) is 34.9. The number of Topliss-reactive ketones (excluding diaryl/α,β-unsaturated/α-hetero) is 3. The Morgan fingerprint density at radius 1 is 0.577 bits per heavy atom. The van der Waals surface area contributed by atoms with Crippen molar-refractivity contribution in [3.63, 3.8) is 0 Å². The van der Waals surface area contributed by atoms with E-state index < -0.39 is 71.1 Å². The van der Waals surface area contributed by atoms with E-state index >= 15 is 0 Å². The van der Waals surface area contributed by atoms with Crippen molar-refractivity contribution in [2.24, 2.45) is 0 Å². The quantitative estimate of drug-likeness (QED) is 0.0256. The van der Waals surface area contributed by atoms with Crippen molar-refractivity contribution in [3.05, 3.63) is 120 Å². The van der Waals surface area contributed by atoms with Crippen LogP contribution in [0.4, 0.5) is 0 Å². The van der Waals surface area contributed by atoms with Crippen LogP contribution < -0.4 is 14.2 Å². The molecule has 5 N–H and O–H groups in total. The molecule has 0 saturated carbocycles. The number of aliphatic carboxylic acids is 1. The highest BCUT2D eigenvalue weighted by Gasteiger charge is 2.26.